The van der Waals surface area contributed by atoms with E-state index >= 15 is 0 Å². The molecule has 0 spiro atoms. The topological polar surface area (TPSA) is 26.0 Å². The number of hydrogen-bond acceptors (Lipinski definition) is 1. The third kappa shape index (κ3) is 2.91. The van der Waals surface area contributed by atoms with Crippen molar-refractivity contribution in [1.29, 1.82) is 0 Å². The first-order valence-electron chi connectivity index (χ1n) is 5.86. The molecule has 88 valence electrons. The molecule has 16 heavy (non-hydrogen) atoms. The second-order valence-electron chi connectivity index (χ2n) is 4.65. The summed E-state index contributed by atoms with van der Waals surface area (Å²) < 4.78 is 0. The zero-order valence-electron chi connectivity index (χ0n) is 9.26. The summed E-state index contributed by atoms with van der Waals surface area (Å²) in [5.41, 5.74) is 7.27. The van der Waals surface area contributed by atoms with Gasteiger partial charge < -0.3 is 5.73 Å². The smallest absolute Gasteiger partial charge is 0.0439 e. The number of rotatable bonds is 2. The Bertz CT molecular complexity index is 365. The van der Waals surface area contributed by atoms with Crippen molar-refractivity contribution in [2.45, 2.75) is 38.1 Å². The molecule has 1 aromatic rings. The van der Waals surface area contributed by atoms with E-state index in [1.54, 1.807) is 0 Å². The van der Waals surface area contributed by atoms with Gasteiger partial charge in [-0.1, -0.05) is 36.0 Å². The molecule has 2 atom stereocenters. The van der Waals surface area contributed by atoms with Gasteiger partial charge in [0.05, 0.1) is 0 Å². The molecule has 1 fully saturated rings. The fourth-order valence-electron chi connectivity index (χ4n) is 2.47. The molecule has 0 aliphatic heterocycles. The monoisotopic (exact) mass is 257 g/mol. The van der Waals surface area contributed by atoms with Crippen LogP contribution in [-0.4, -0.2) is 6.04 Å². The summed E-state index contributed by atoms with van der Waals surface area (Å²) in [5, 5.41) is 1.56. The molecule has 0 aromatic heterocycles. The number of benzene rings is 1. The Kier molecular flexibility index (Phi) is 4.12. The van der Waals surface area contributed by atoms with Crippen LogP contribution in [-0.2, 0) is 6.42 Å². The minimum atomic E-state index is 0.323. The lowest BCUT2D eigenvalue weighted by molar-refractivity contribution is 0.306. The van der Waals surface area contributed by atoms with Gasteiger partial charge in [0.1, 0.15) is 0 Å². The van der Waals surface area contributed by atoms with Crippen LogP contribution in [0.15, 0.2) is 18.2 Å². The molecule has 1 aromatic carbocycles. The minimum Gasteiger partial charge on any atom is -0.327 e. The van der Waals surface area contributed by atoms with E-state index in [0.717, 1.165) is 28.5 Å². The van der Waals surface area contributed by atoms with Crippen LogP contribution >= 0.6 is 23.2 Å². The van der Waals surface area contributed by atoms with Crippen molar-refractivity contribution in [3.8, 4) is 0 Å². The Morgan fingerprint density at radius 2 is 1.94 bits per heavy atom. The molecular weight excluding hydrogens is 241 g/mol. The van der Waals surface area contributed by atoms with Crippen LogP contribution in [0.25, 0.3) is 0 Å². The molecule has 2 N–H and O–H groups in total. The standard InChI is InChI=1S/C13H17Cl2N/c14-11-5-6-12(15)10(8-11)7-9-3-1-2-4-13(9)16/h5-6,8-9,13H,1-4,7,16H2. The van der Waals surface area contributed by atoms with E-state index in [1.807, 2.05) is 18.2 Å². The highest BCUT2D eigenvalue weighted by Crippen LogP contribution is 2.30. The van der Waals surface area contributed by atoms with Crippen molar-refractivity contribution < 1.29 is 0 Å². The second-order valence-corrected chi connectivity index (χ2v) is 5.49. The van der Waals surface area contributed by atoms with Crippen molar-refractivity contribution >= 4 is 23.2 Å². The molecule has 1 saturated carbocycles. The lowest BCUT2D eigenvalue weighted by atomic mass is 9.81. The first-order valence-corrected chi connectivity index (χ1v) is 6.62. The van der Waals surface area contributed by atoms with Gasteiger partial charge in [0.25, 0.3) is 0 Å². The summed E-state index contributed by atoms with van der Waals surface area (Å²) in [6.45, 7) is 0. The van der Waals surface area contributed by atoms with Crippen LogP contribution < -0.4 is 5.73 Å². The van der Waals surface area contributed by atoms with Crippen LogP contribution in [0.4, 0.5) is 0 Å². The molecule has 2 unspecified atom stereocenters. The van der Waals surface area contributed by atoms with Gasteiger partial charge in [-0.25, -0.2) is 0 Å². The van der Waals surface area contributed by atoms with Crippen LogP contribution in [0, 0.1) is 5.92 Å². The van der Waals surface area contributed by atoms with Crippen LogP contribution in [0.1, 0.15) is 31.2 Å². The van der Waals surface area contributed by atoms with Crippen molar-refractivity contribution in [3.05, 3.63) is 33.8 Å². The normalized spacial score (nSPS) is 25.7. The van der Waals surface area contributed by atoms with Crippen LogP contribution in [0.2, 0.25) is 10.0 Å². The van der Waals surface area contributed by atoms with Crippen LogP contribution in [0.5, 0.6) is 0 Å². The van der Waals surface area contributed by atoms with Crippen LogP contribution in [0.3, 0.4) is 0 Å². The molecule has 0 saturated heterocycles. The van der Waals surface area contributed by atoms with Crippen molar-refractivity contribution in [1.82, 2.24) is 0 Å². The number of hydrogen-bond donors (Lipinski definition) is 1. The van der Waals surface area contributed by atoms with Gasteiger partial charge in [0.2, 0.25) is 0 Å². The molecule has 1 aliphatic rings. The Morgan fingerprint density at radius 1 is 1.19 bits per heavy atom. The number of halogens is 2. The molecular formula is C13H17Cl2N. The van der Waals surface area contributed by atoms with Crippen molar-refractivity contribution in [2.24, 2.45) is 11.7 Å². The summed E-state index contributed by atoms with van der Waals surface area (Å²) in [7, 11) is 0. The predicted molar refractivity (Wildman–Crippen MR) is 70.1 cm³/mol. The van der Waals surface area contributed by atoms with Gasteiger partial charge in [-0.15, -0.1) is 0 Å². The van der Waals surface area contributed by atoms with Gasteiger partial charge in [-0.05, 0) is 48.9 Å². The Morgan fingerprint density at radius 3 is 2.69 bits per heavy atom. The largest absolute Gasteiger partial charge is 0.327 e. The summed E-state index contributed by atoms with van der Waals surface area (Å²) in [4.78, 5) is 0. The quantitative estimate of drug-likeness (QED) is 0.850. The second kappa shape index (κ2) is 5.39. The van der Waals surface area contributed by atoms with E-state index in [1.165, 1.54) is 19.3 Å². The predicted octanol–water partition coefficient (Wildman–Crippen LogP) is 4.05. The molecule has 0 heterocycles. The molecule has 1 nitrogen and oxygen atoms in total. The zero-order valence-corrected chi connectivity index (χ0v) is 10.8. The lowest BCUT2D eigenvalue weighted by Gasteiger charge is -2.28. The minimum absolute atomic E-state index is 0.323. The van der Waals surface area contributed by atoms with E-state index in [0.29, 0.717) is 12.0 Å². The Hall–Kier alpha value is -0.240. The average molecular weight is 258 g/mol. The van der Waals surface area contributed by atoms with Crippen molar-refractivity contribution in [2.75, 3.05) is 0 Å². The Balaban J connectivity index is 2.10. The third-order valence-corrected chi connectivity index (χ3v) is 4.06. The van der Waals surface area contributed by atoms with E-state index in [9.17, 15) is 0 Å². The van der Waals surface area contributed by atoms with Gasteiger partial charge in [0.15, 0.2) is 0 Å². The summed E-state index contributed by atoms with van der Waals surface area (Å²) >= 11 is 12.1. The average Bonchev–Trinajstić information content (AvgIpc) is 2.27. The lowest BCUT2D eigenvalue weighted by Crippen LogP contribution is -2.34. The molecule has 1 aliphatic carbocycles. The maximum absolute atomic E-state index is 6.16. The first-order chi connectivity index (χ1) is 7.66. The molecule has 0 bridgehead atoms. The highest BCUT2D eigenvalue weighted by Gasteiger charge is 2.22. The van der Waals surface area contributed by atoms with Gasteiger partial charge >= 0.3 is 0 Å². The summed E-state index contributed by atoms with van der Waals surface area (Å²) in [6.07, 6.45) is 5.87. The maximum Gasteiger partial charge on any atom is 0.0439 e. The maximum atomic E-state index is 6.16. The molecule has 0 amide bonds. The fraction of sp³-hybridized carbons (Fsp3) is 0.538. The first kappa shape index (κ1) is 12.2. The third-order valence-electron chi connectivity index (χ3n) is 3.46. The molecule has 3 heteroatoms. The Labute approximate surface area is 107 Å². The highest BCUT2D eigenvalue weighted by atomic mass is 35.5. The van der Waals surface area contributed by atoms with E-state index in [4.69, 9.17) is 28.9 Å². The number of nitrogens with two attached hydrogens (primary N) is 1. The van der Waals surface area contributed by atoms with Gasteiger partial charge in [0, 0.05) is 16.1 Å². The molecule has 2 rings (SSSR count). The van der Waals surface area contributed by atoms with E-state index in [2.05, 4.69) is 0 Å². The highest BCUT2D eigenvalue weighted by molar-refractivity contribution is 6.33. The molecule has 0 radical (unpaired) electrons. The zero-order chi connectivity index (χ0) is 11.5. The van der Waals surface area contributed by atoms with Gasteiger partial charge in [-0.2, -0.15) is 0 Å². The summed E-state index contributed by atoms with van der Waals surface area (Å²) in [6, 6.07) is 5.98. The van der Waals surface area contributed by atoms with Gasteiger partial charge in [-0.3, -0.25) is 0 Å². The van der Waals surface area contributed by atoms with E-state index < -0.39 is 0 Å². The SMILES string of the molecule is NC1CCCCC1Cc1cc(Cl)ccc1Cl. The summed E-state index contributed by atoms with van der Waals surface area (Å²) in [5.74, 6) is 0.560. The fourth-order valence-corrected chi connectivity index (χ4v) is 2.86. The van der Waals surface area contributed by atoms with E-state index in [-0.39, 0.29) is 0 Å². The van der Waals surface area contributed by atoms with Crippen molar-refractivity contribution in [3.63, 3.8) is 0 Å².